The van der Waals surface area contributed by atoms with Crippen molar-refractivity contribution in [2.75, 3.05) is 0 Å². The molecule has 82 valence electrons. The topological polar surface area (TPSA) is 34.9 Å². The summed E-state index contributed by atoms with van der Waals surface area (Å²) in [5, 5.41) is 4.17. The second kappa shape index (κ2) is 5.07. The van der Waals surface area contributed by atoms with Gasteiger partial charge >= 0.3 is 0 Å². The van der Waals surface area contributed by atoms with Crippen LogP contribution < -0.4 is 0 Å². The molecule has 0 fully saturated rings. The number of carbonyl (C=O) groups excluding carboxylic acids is 1. The number of aldehydes is 1. The number of halogens is 1. The number of aromatic nitrogens is 2. The van der Waals surface area contributed by atoms with Gasteiger partial charge in [-0.1, -0.05) is 6.07 Å². The number of benzene rings is 1. The first kappa shape index (κ1) is 11.1. The van der Waals surface area contributed by atoms with Gasteiger partial charge in [-0.05, 0) is 46.1 Å². The number of nitrogens with zero attached hydrogens (tertiary/aromatic N) is 2. The van der Waals surface area contributed by atoms with Crippen molar-refractivity contribution < 1.29 is 4.79 Å². The molecule has 1 aromatic heterocycles. The molecule has 0 atom stereocenters. The number of aryl methyl sites for hydroxylation is 1. The Morgan fingerprint density at radius 3 is 2.94 bits per heavy atom. The summed E-state index contributed by atoms with van der Waals surface area (Å²) in [4.78, 5) is 10.3. The lowest BCUT2D eigenvalue weighted by Crippen LogP contribution is -1.96. The van der Waals surface area contributed by atoms with E-state index in [0.717, 1.165) is 28.4 Å². The molecule has 0 radical (unpaired) electrons. The first-order chi connectivity index (χ1) is 7.81. The van der Waals surface area contributed by atoms with Crippen LogP contribution in [0.25, 0.3) is 5.69 Å². The molecule has 2 rings (SSSR count). The lowest BCUT2D eigenvalue weighted by molar-refractivity contribution is -0.107. The SMILES string of the molecule is O=CCCc1ccc(-n2cccn2)c(Br)c1. The van der Waals surface area contributed by atoms with Crippen molar-refractivity contribution in [3.63, 3.8) is 0 Å². The average molecular weight is 279 g/mol. The molecule has 0 spiro atoms. The Morgan fingerprint density at radius 2 is 2.31 bits per heavy atom. The molecule has 0 aliphatic carbocycles. The molecular formula is C12H11BrN2O. The molecule has 3 nitrogen and oxygen atoms in total. The van der Waals surface area contributed by atoms with Crippen LogP contribution in [-0.4, -0.2) is 16.1 Å². The van der Waals surface area contributed by atoms with Crippen molar-refractivity contribution >= 4 is 22.2 Å². The number of carbonyl (C=O) groups is 1. The van der Waals surface area contributed by atoms with Gasteiger partial charge in [-0.2, -0.15) is 5.10 Å². The van der Waals surface area contributed by atoms with Crippen molar-refractivity contribution in [2.24, 2.45) is 0 Å². The maximum atomic E-state index is 10.3. The molecule has 0 bridgehead atoms. The number of rotatable bonds is 4. The first-order valence-electron chi connectivity index (χ1n) is 5.03. The fraction of sp³-hybridized carbons (Fsp3) is 0.167. The highest BCUT2D eigenvalue weighted by atomic mass is 79.9. The van der Waals surface area contributed by atoms with Gasteiger partial charge in [0, 0.05) is 23.3 Å². The normalized spacial score (nSPS) is 10.3. The second-order valence-electron chi connectivity index (χ2n) is 3.44. The number of hydrogen-bond donors (Lipinski definition) is 0. The van der Waals surface area contributed by atoms with E-state index in [-0.39, 0.29) is 0 Å². The summed E-state index contributed by atoms with van der Waals surface area (Å²) in [5.41, 5.74) is 2.15. The van der Waals surface area contributed by atoms with E-state index in [1.54, 1.807) is 10.9 Å². The highest BCUT2D eigenvalue weighted by Crippen LogP contribution is 2.22. The van der Waals surface area contributed by atoms with E-state index < -0.39 is 0 Å². The Morgan fingerprint density at radius 1 is 1.44 bits per heavy atom. The number of hydrogen-bond acceptors (Lipinski definition) is 2. The molecule has 0 aliphatic heterocycles. The molecule has 16 heavy (non-hydrogen) atoms. The van der Waals surface area contributed by atoms with Crippen LogP contribution in [0.4, 0.5) is 0 Å². The van der Waals surface area contributed by atoms with Gasteiger partial charge in [-0.25, -0.2) is 4.68 Å². The molecule has 0 unspecified atom stereocenters. The van der Waals surface area contributed by atoms with E-state index in [0.29, 0.717) is 6.42 Å². The predicted molar refractivity (Wildman–Crippen MR) is 65.6 cm³/mol. The average Bonchev–Trinajstić information content (AvgIpc) is 2.80. The summed E-state index contributed by atoms with van der Waals surface area (Å²) in [6.07, 6.45) is 5.92. The molecule has 4 heteroatoms. The van der Waals surface area contributed by atoms with Crippen LogP contribution in [0.1, 0.15) is 12.0 Å². The van der Waals surface area contributed by atoms with Crippen LogP contribution in [0.3, 0.4) is 0 Å². The van der Waals surface area contributed by atoms with Crippen LogP contribution in [0.2, 0.25) is 0 Å². The Kier molecular flexibility index (Phi) is 3.51. The summed E-state index contributed by atoms with van der Waals surface area (Å²) < 4.78 is 2.78. The zero-order valence-electron chi connectivity index (χ0n) is 8.64. The summed E-state index contributed by atoms with van der Waals surface area (Å²) in [6, 6.07) is 7.93. The largest absolute Gasteiger partial charge is 0.303 e. The van der Waals surface area contributed by atoms with Crippen molar-refractivity contribution in [3.8, 4) is 5.69 Å². The van der Waals surface area contributed by atoms with E-state index in [9.17, 15) is 4.79 Å². The fourth-order valence-electron chi connectivity index (χ4n) is 1.53. The third kappa shape index (κ3) is 2.39. The molecule has 0 amide bonds. The van der Waals surface area contributed by atoms with Crippen LogP contribution in [-0.2, 0) is 11.2 Å². The molecule has 1 aromatic carbocycles. The molecular weight excluding hydrogens is 268 g/mol. The molecule has 0 saturated carbocycles. The van der Waals surface area contributed by atoms with Crippen LogP contribution in [0.15, 0.2) is 41.1 Å². The van der Waals surface area contributed by atoms with Crippen molar-refractivity contribution in [1.29, 1.82) is 0 Å². The molecule has 2 aromatic rings. The van der Waals surface area contributed by atoms with Crippen LogP contribution >= 0.6 is 15.9 Å². The summed E-state index contributed by atoms with van der Waals surface area (Å²) in [6.45, 7) is 0. The minimum atomic E-state index is 0.563. The fourth-order valence-corrected chi connectivity index (χ4v) is 2.14. The zero-order valence-corrected chi connectivity index (χ0v) is 10.2. The third-order valence-corrected chi connectivity index (χ3v) is 2.95. The highest BCUT2D eigenvalue weighted by molar-refractivity contribution is 9.10. The summed E-state index contributed by atoms with van der Waals surface area (Å²) >= 11 is 3.51. The van der Waals surface area contributed by atoms with E-state index >= 15 is 0 Å². The molecule has 0 saturated heterocycles. The van der Waals surface area contributed by atoms with Gasteiger partial charge in [-0.3, -0.25) is 0 Å². The highest BCUT2D eigenvalue weighted by Gasteiger charge is 2.03. The van der Waals surface area contributed by atoms with Gasteiger partial charge in [0.15, 0.2) is 0 Å². The predicted octanol–water partition coefficient (Wildman–Crippen LogP) is 2.77. The van der Waals surface area contributed by atoms with Gasteiger partial charge < -0.3 is 4.79 Å². The summed E-state index contributed by atoms with van der Waals surface area (Å²) in [7, 11) is 0. The quantitative estimate of drug-likeness (QED) is 0.807. The van der Waals surface area contributed by atoms with Gasteiger partial charge in [0.1, 0.15) is 6.29 Å². The van der Waals surface area contributed by atoms with E-state index in [1.165, 1.54) is 0 Å². The maximum absolute atomic E-state index is 10.3. The van der Waals surface area contributed by atoms with Crippen molar-refractivity contribution in [3.05, 3.63) is 46.7 Å². The van der Waals surface area contributed by atoms with Gasteiger partial charge in [0.2, 0.25) is 0 Å². The first-order valence-corrected chi connectivity index (χ1v) is 5.82. The van der Waals surface area contributed by atoms with Crippen molar-refractivity contribution in [2.45, 2.75) is 12.8 Å². The Hall–Kier alpha value is -1.42. The minimum Gasteiger partial charge on any atom is -0.303 e. The van der Waals surface area contributed by atoms with Gasteiger partial charge in [0.05, 0.1) is 5.69 Å². The second-order valence-corrected chi connectivity index (χ2v) is 4.30. The lowest BCUT2D eigenvalue weighted by Gasteiger charge is -2.06. The maximum Gasteiger partial charge on any atom is 0.120 e. The van der Waals surface area contributed by atoms with E-state index in [1.807, 2.05) is 30.5 Å². The molecule has 0 aliphatic rings. The van der Waals surface area contributed by atoms with E-state index in [4.69, 9.17) is 0 Å². The summed E-state index contributed by atoms with van der Waals surface area (Å²) in [5.74, 6) is 0. The standard InChI is InChI=1S/C12H11BrN2O/c13-11-9-10(3-1-8-16)4-5-12(11)15-7-2-6-14-15/h2,4-9H,1,3H2. The van der Waals surface area contributed by atoms with Crippen molar-refractivity contribution in [1.82, 2.24) is 9.78 Å². The van der Waals surface area contributed by atoms with E-state index in [2.05, 4.69) is 21.0 Å². The van der Waals surface area contributed by atoms with Crippen LogP contribution in [0, 0.1) is 0 Å². The Labute approximate surface area is 102 Å². The molecule has 0 N–H and O–H groups in total. The third-order valence-electron chi connectivity index (χ3n) is 2.31. The molecule has 1 heterocycles. The monoisotopic (exact) mass is 278 g/mol. The van der Waals surface area contributed by atoms with Gasteiger partial charge in [-0.15, -0.1) is 0 Å². The Bertz CT molecular complexity index is 480. The smallest absolute Gasteiger partial charge is 0.120 e. The van der Waals surface area contributed by atoms with Crippen LogP contribution in [0.5, 0.6) is 0 Å². The zero-order chi connectivity index (χ0) is 11.4. The lowest BCUT2D eigenvalue weighted by atomic mass is 10.1. The Balaban J connectivity index is 2.26. The minimum absolute atomic E-state index is 0.563. The van der Waals surface area contributed by atoms with Gasteiger partial charge in [0.25, 0.3) is 0 Å².